The van der Waals surface area contributed by atoms with Gasteiger partial charge in [-0.15, -0.1) is 0 Å². The van der Waals surface area contributed by atoms with Crippen molar-refractivity contribution in [3.05, 3.63) is 77.9 Å². The summed E-state index contributed by atoms with van der Waals surface area (Å²) in [4.78, 5) is 0.726. The number of sulfone groups is 1. The van der Waals surface area contributed by atoms with E-state index >= 15 is 0 Å². The molecule has 0 N–H and O–H groups in total. The summed E-state index contributed by atoms with van der Waals surface area (Å²) in [5, 5.41) is 0. The van der Waals surface area contributed by atoms with Crippen LogP contribution in [0.2, 0.25) is 0 Å². The van der Waals surface area contributed by atoms with Gasteiger partial charge in [0.2, 0.25) is 9.84 Å². The molecule has 0 spiro atoms. The number of rotatable bonds is 3. The van der Waals surface area contributed by atoms with E-state index in [2.05, 4.69) is 20.4 Å². The van der Waals surface area contributed by atoms with Gasteiger partial charge in [-0.3, -0.25) is 0 Å². The van der Waals surface area contributed by atoms with Crippen molar-refractivity contribution < 1.29 is 8.42 Å². The number of benzene rings is 2. The fraction of sp³-hybridized carbons (Fsp3) is 0.200. The van der Waals surface area contributed by atoms with Crippen molar-refractivity contribution in [3.8, 4) is 0 Å². The summed E-state index contributed by atoms with van der Waals surface area (Å²) in [6, 6.07) is 14.5. The lowest BCUT2D eigenvalue weighted by Crippen LogP contribution is -2.24. The molecule has 2 nitrogen and oxygen atoms in total. The zero-order valence-electron chi connectivity index (χ0n) is 13.4. The van der Waals surface area contributed by atoms with Crippen molar-refractivity contribution in [2.75, 3.05) is 0 Å². The Balaban J connectivity index is 2.29. The molecule has 2 aromatic carbocycles. The van der Waals surface area contributed by atoms with Crippen LogP contribution < -0.4 is 0 Å². The molecule has 118 valence electrons. The van der Waals surface area contributed by atoms with Crippen LogP contribution in [-0.4, -0.2) is 8.42 Å². The Morgan fingerprint density at radius 3 is 2.39 bits per heavy atom. The van der Waals surface area contributed by atoms with E-state index in [1.807, 2.05) is 30.3 Å². The van der Waals surface area contributed by atoms with Gasteiger partial charge in [-0.1, -0.05) is 69.0 Å². The highest BCUT2D eigenvalue weighted by Gasteiger charge is 2.34. The fourth-order valence-electron chi connectivity index (χ4n) is 3.11. The second kappa shape index (κ2) is 5.50. The topological polar surface area (TPSA) is 34.1 Å². The highest BCUT2D eigenvalue weighted by molar-refractivity contribution is 8.00. The Morgan fingerprint density at radius 2 is 1.74 bits per heavy atom. The number of allylic oxidation sites excluding steroid dienone is 1. The maximum absolute atomic E-state index is 13.1. The Bertz CT molecular complexity index is 888. The first-order valence-electron chi connectivity index (χ1n) is 7.64. The molecule has 0 saturated heterocycles. The van der Waals surface area contributed by atoms with Gasteiger partial charge in [0.15, 0.2) is 0 Å². The molecule has 0 bridgehead atoms. The number of fused-ring (bicyclic) bond motifs is 1. The molecule has 0 aliphatic heterocycles. The van der Waals surface area contributed by atoms with Crippen LogP contribution in [0.15, 0.2) is 66.1 Å². The molecule has 0 unspecified atom stereocenters. The van der Waals surface area contributed by atoms with E-state index < -0.39 is 9.84 Å². The Hall–Kier alpha value is -2.13. The summed E-state index contributed by atoms with van der Waals surface area (Å²) in [5.74, 6) is 0. The molecule has 3 rings (SSSR count). The maximum atomic E-state index is 13.1. The molecule has 0 amide bonds. The van der Waals surface area contributed by atoms with Gasteiger partial charge in [-0.05, 0) is 35.1 Å². The van der Waals surface area contributed by atoms with Crippen molar-refractivity contribution in [3.63, 3.8) is 0 Å². The molecule has 0 heterocycles. The van der Waals surface area contributed by atoms with E-state index in [-0.39, 0.29) is 5.41 Å². The van der Waals surface area contributed by atoms with Crippen molar-refractivity contribution >= 4 is 20.8 Å². The molecule has 2 aromatic rings. The van der Waals surface area contributed by atoms with Crippen LogP contribution in [0.25, 0.3) is 11.0 Å². The lowest BCUT2D eigenvalue weighted by atomic mass is 9.74. The van der Waals surface area contributed by atoms with Gasteiger partial charge >= 0.3 is 0 Å². The second-order valence-corrected chi connectivity index (χ2v) is 8.36. The quantitative estimate of drug-likeness (QED) is 0.810. The molecular weight excluding hydrogens is 304 g/mol. The van der Waals surface area contributed by atoms with E-state index in [9.17, 15) is 8.42 Å². The highest BCUT2D eigenvalue weighted by Crippen LogP contribution is 2.44. The van der Waals surface area contributed by atoms with E-state index in [1.165, 1.54) is 0 Å². The van der Waals surface area contributed by atoms with Crippen LogP contribution in [0.3, 0.4) is 0 Å². The van der Waals surface area contributed by atoms with Crippen LogP contribution in [0.5, 0.6) is 0 Å². The van der Waals surface area contributed by atoms with Gasteiger partial charge in [0, 0.05) is 5.56 Å². The third kappa shape index (κ3) is 2.55. The Labute approximate surface area is 138 Å². The van der Waals surface area contributed by atoms with Gasteiger partial charge < -0.3 is 0 Å². The first-order chi connectivity index (χ1) is 10.9. The smallest absolute Gasteiger partial charge is 0.206 e. The van der Waals surface area contributed by atoms with E-state index in [0.717, 1.165) is 16.7 Å². The molecule has 0 aromatic heterocycles. The van der Waals surface area contributed by atoms with Gasteiger partial charge in [-0.2, -0.15) is 0 Å². The van der Waals surface area contributed by atoms with Crippen LogP contribution >= 0.6 is 0 Å². The molecule has 3 heteroatoms. The molecular formula is C20H20O2S. The van der Waals surface area contributed by atoms with E-state index in [1.54, 1.807) is 30.3 Å². The summed E-state index contributed by atoms with van der Waals surface area (Å²) in [6.45, 7) is 8.13. The SMILES string of the molecule is C=Cc1cccc2c1C(S(=O)(=O)c1ccccc1)=CCC2(C)C. The van der Waals surface area contributed by atoms with Crippen LogP contribution in [-0.2, 0) is 15.3 Å². The molecule has 0 atom stereocenters. The van der Waals surface area contributed by atoms with Gasteiger partial charge in [0.1, 0.15) is 0 Å². The molecule has 1 aliphatic rings. The zero-order chi connectivity index (χ0) is 16.7. The standard InChI is InChI=1S/C20H20O2S/c1-4-15-9-8-12-17-19(15)18(13-14-20(17,2)3)23(21,22)16-10-6-5-7-11-16/h4-13H,1,14H2,2-3H3. The first-order valence-corrected chi connectivity index (χ1v) is 9.13. The monoisotopic (exact) mass is 324 g/mol. The molecule has 23 heavy (non-hydrogen) atoms. The summed E-state index contributed by atoms with van der Waals surface area (Å²) in [5.41, 5.74) is 2.62. The average Bonchev–Trinajstić information content (AvgIpc) is 2.55. The van der Waals surface area contributed by atoms with Gasteiger partial charge in [0.05, 0.1) is 9.80 Å². The first kappa shape index (κ1) is 15.8. The third-order valence-electron chi connectivity index (χ3n) is 4.43. The van der Waals surface area contributed by atoms with E-state index in [4.69, 9.17) is 0 Å². The Morgan fingerprint density at radius 1 is 1.04 bits per heavy atom. The van der Waals surface area contributed by atoms with Crippen molar-refractivity contribution in [2.24, 2.45) is 0 Å². The highest BCUT2D eigenvalue weighted by atomic mass is 32.2. The molecule has 0 saturated carbocycles. The van der Waals surface area contributed by atoms with Gasteiger partial charge in [0.25, 0.3) is 0 Å². The minimum absolute atomic E-state index is 0.0932. The average molecular weight is 324 g/mol. The summed E-state index contributed by atoms with van der Waals surface area (Å²) >= 11 is 0. The third-order valence-corrected chi connectivity index (χ3v) is 6.28. The minimum atomic E-state index is -3.54. The van der Waals surface area contributed by atoms with Crippen LogP contribution in [0.1, 0.15) is 37.0 Å². The summed E-state index contributed by atoms with van der Waals surface area (Å²) in [7, 11) is -3.54. The number of hydrogen-bond donors (Lipinski definition) is 0. The largest absolute Gasteiger partial charge is 0.219 e. The predicted octanol–water partition coefficient (Wildman–Crippen LogP) is 4.83. The maximum Gasteiger partial charge on any atom is 0.206 e. The molecule has 0 fully saturated rings. The van der Waals surface area contributed by atoms with Crippen LogP contribution in [0.4, 0.5) is 0 Å². The fourth-order valence-corrected chi connectivity index (χ4v) is 4.68. The van der Waals surface area contributed by atoms with Gasteiger partial charge in [-0.25, -0.2) is 8.42 Å². The molecule has 1 aliphatic carbocycles. The van der Waals surface area contributed by atoms with Crippen molar-refractivity contribution in [2.45, 2.75) is 30.6 Å². The normalized spacial score (nSPS) is 16.3. The number of hydrogen-bond acceptors (Lipinski definition) is 2. The predicted molar refractivity (Wildman–Crippen MR) is 95.8 cm³/mol. The lowest BCUT2D eigenvalue weighted by molar-refractivity contribution is 0.527. The second-order valence-electron chi connectivity index (χ2n) is 6.45. The Kier molecular flexibility index (Phi) is 3.77. The zero-order valence-corrected chi connectivity index (χ0v) is 14.2. The molecule has 0 radical (unpaired) electrons. The van der Waals surface area contributed by atoms with Crippen LogP contribution in [0, 0.1) is 0 Å². The summed E-state index contributed by atoms with van der Waals surface area (Å²) < 4.78 is 26.3. The minimum Gasteiger partial charge on any atom is -0.219 e. The summed E-state index contributed by atoms with van der Waals surface area (Å²) in [6.07, 6.45) is 4.29. The lowest BCUT2D eigenvalue weighted by Gasteiger charge is -2.32. The van der Waals surface area contributed by atoms with Crippen molar-refractivity contribution in [1.82, 2.24) is 0 Å². The van der Waals surface area contributed by atoms with Crippen molar-refractivity contribution in [1.29, 1.82) is 0 Å². The van der Waals surface area contributed by atoms with E-state index in [0.29, 0.717) is 16.2 Å².